The molecule has 29 heavy (non-hydrogen) atoms. The molecule has 0 aliphatic heterocycles. The number of nitrogens with one attached hydrogen (secondary N) is 3. The molecule has 3 aromatic heterocycles. The first-order chi connectivity index (χ1) is 13.9. The second-order valence-corrected chi connectivity index (χ2v) is 7.55. The fourth-order valence-corrected chi connectivity index (χ4v) is 3.61. The van der Waals surface area contributed by atoms with Crippen molar-refractivity contribution in [2.24, 2.45) is 0 Å². The summed E-state index contributed by atoms with van der Waals surface area (Å²) in [6.07, 6.45) is 9.55. The van der Waals surface area contributed by atoms with Crippen LogP contribution in [-0.4, -0.2) is 55.0 Å². The van der Waals surface area contributed by atoms with Crippen molar-refractivity contribution in [3.8, 4) is 5.95 Å². The van der Waals surface area contributed by atoms with Crippen LogP contribution in [0.5, 0.6) is 0 Å². The van der Waals surface area contributed by atoms with Crippen molar-refractivity contribution in [2.45, 2.75) is 50.6 Å². The maximum atomic E-state index is 13.0. The molecule has 0 unspecified atom stereocenters. The van der Waals surface area contributed by atoms with Crippen LogP contribution in [-0.2, 0) is 0 Å². The highest BCUT2D eigenvalue weighted by atomic mass is 19.3. The Kier molecular flexibility index (Phi) is 5.27. The van der Waals surface area contributed by atoms with Crippen LogP contribution in [0.1, 0.15) is 43.1 Å². The Morgan fingerprint density at radius 1 is 1.28 bits per heavy atom. The Balaban J connectivity index is 1.43. The Morgan fingerprint density at radius 2 is 2.03 bits per heavy atom. The first-order valence-electron chi connectivity index (χ1n) is 9.64. The minimum atomic E-state index is -2.72. The zero-order chi connectivity index (χ0) is 20.4. The Hall–Kier alpha value is -2.88. The topological polar surface area (TPSA) is 101 Å². The maximum absolute atomic E-state index is 13.0. The van der Waals surface area contributed by atoms with E-state index in [9.17, 15) is 13.6 Å². The summed E-state index contributed by atoms with van der Waals surface area (Å²) < 4.78 is 27.7. The SMILES string of the molecule is CC(F)(F)CN[C@H]1CC[C@H](NC(=O)c2nc(-n3ccnc3)nc3cc[nH]c23)CC1. The van der Waals surface area contributed by atoms with Gasteiger partial charge < -0.3 is 15.6 Å². The van der Waals surface area contributed by atoms with Gasteiger partial charge in [-0.3, -0.25) is 9.36 Å². The van der Waals surface area contributed by atoms with Crippen molar-refractivity contribution in [1.82, 2.24) is 35.1 Å². The first kappa shape index (κ1) is 19.4. The van der Waals surface area contributed by atoms with E-state index in [1.165, 1.54) is 0 Å². The van der Waals surface area contributed by atoms with Gasteiger partial charge in [-0.1, -0.05) is 0 Å². The third-order valence-electron chi connectivity index (χ3n) is 5.11. The van der Waals surface area contributed by atoms with Gasteiger partial charge in [-0.25, -0.2) is 23.7 Å². The molecule has 1 aliphatic rings. The second-order valence-electron chi connectivity index (χ2n) is 7.55. The number of fused-ring (bicyclic) bond motifs is 1. The number of hydrogen-bond donors (Lipinski definition) is 3. The molecule has 10 heteroatoms. The van der Waals surface area contributed by atoms with Gasteiger partial charge in [-0.05, 0) is 31.7 Å². The molecule has 154 valence electrons. The summed E-state index contributed by atoms with van der Waals surface area (Å²) in [5.74, 6) is -2.63. The molecular formula is C19H23F2N7O. The van der Waals surface area contributed by atoms with E-state index < -0.39 is 5.92 Å². The predicted octanol–water partition coefficient (Wildman–Crippen LogP) is 2.43. The quantitative estimate of drug-likeness (QED) is 0.587. The van der Waals surface area contributed by atoms with Crippen LogP contribution in [0.4, 0.5) is 8.78 Å². The van der Waals surface area contributed by atoms with Gasteiger partial charge in [0, 0.05) is 37.6 Å². The molecule has 3 N–H and O–H groups in total. The van der Waals surface area contributed by atoms with E-state index in [1.807, 2.05) is 0 Å². The third-order valence-corrected chi connectivity index (χ3v) is 5.11. The number of halogens is 2. The van der Waals surface area contributed by atoms with E-state index in [0.29, 0.717) is 17.0 Å². The summed E-state index contributed by atoms with van der Waals surface area (Å²) in [5.41, 5.74) is 1.49. The number of nitrogens with zero attached hydrogens (tertiary/aromatic N) is 4. The first-order valence-corrected chi connectivity index (χ1v) is 9.64. The lowest BCUT2D eigenvalue weighted by Crippen LogP contribution is -2.44. The van der Waals surface area contributed by atoms with Crippen LogP contribution in [0.15, 0.2) is 31.0 Å². The maximum Gasteiger partial charge on any atom is 0.272 e. The summed E-state index contributed by atoms with van der Waals surface area (Å²) >= 11 is 0. The fourth-order valence-electron chi connectivity index (χ4n) is 3.61. The van der Waals surface area contributed by atoms with E-state index in [2.05, 4.69) is 30.6 Å². The zero-order valence-electron chi connectivity index (χ0n) is 16.0. The molecule has 1 fully saturated rings. The van der Waals surface area contributed by atoms with Gasteiger partial charge in [0.2, 0.25) is 5.95 Å². The second kappa shape index (κ2) is 7.86. The van der Waals surface area contributed by atoms with E-state index in [1.54, 1.807) is 35.6 Å². The van der Waals surface area contributed by atoms with Gasteiger partial charge in [0.05, 0.1) is 17.6 Å². The lowest BCUT2D eigenvalue weighted by Gasteiger charge is -2.30. The van der Waals surface area contributed by atoms with Crippen molar-refractivity contribution >= 4 is 16.9 Å². The van der Waals surface area contributed by atoms with Crippen molar-refractivity contribution in [2.75, 3.05) is 6.54 Å². The molecule has 1 aliphatic carbocycles. The summed E-state index contributed by atoms with van der Waals surface area (Å²) in [6.45, 7) is 0.588. The Bertz CT molecular complexity index is 972. The van der Waals surface area contributed by atoms with Crippen molar-refractivity contribution < 1.29 is 13.6 Å². The van der Waals surface area contributed by atoms with Crippen molar-refractivity contribution in [3.63, 3.8) is 0 Å². The number of imidazole rings is 1. The lowest BCUT2D eigenvalue weighted by atomic mass is 9.91. The van der Waals surface area contributed by atoms with E-state index in [0.717, 1.165) is 32.6 Å². The standard InChI is InChI=1S/C19H23F2N7O/c1-19(20,21)10-24-12-2-4-13(5-3-12)25-17(29)16-15-14(6-7-23-15)26-18(27-16)28-9-8-22-11-28/h6-9,11-13,23-24H,2-5,10H2,1H3,(H,25,29)/t12-,13-. The molecule has 8 nitrogen and oxygen atoms in total. The molecule has 3 heterocycles. The molecule has 0 spiro atoms. The van der Waals surface area contributed by atoms with Gasteiger partial charge in [-0.2, -0.15) is 0 Å². The highest BCUT2D eigenvalue weighted by molar-refractivity contribution is 6.03. The minimum absolute atomic E-state index is 0.0145. The third kappa shape index (κ3) is 4.58. The summed E-state index contributed by atoms with van der Waals surface area (Å²) in [7, 11) is 0. The number of amides is 1. The minimum Gasteiger partial charge on any atom is -0.358 e. The molecule has 4 rings (SSSR count). The average Bonchev–Trinajstić information content (AvgIpc) is 3.37. The van der Waals surface area contributed by atoms with Crippen LogP contribution in [0, 0.1) is 0 Å². The van der Waals surface area contributed by atoms with Gasteiger partial charge in [0.15, 0.2) is 5.69 Å². The monoisotopic (exact) mass is 403 g/mol. The molecule has 1 amide bonds. The van der Waals surface area contributed by atoms with Gasteiger partial charge in [0.1, 0.15) is 6.33 Å². The Morgan fingerprint density at radius 3 is 2.72 bits per heavy atom. The molecule has 1 saturated carbocycles. The van der Waals surface area contributed by atoms with E-state index >= 15 is 0 Å². The van der Waals surface area contributed by atoms with Gasteiger partial charge in [0.25, 0.3) is 11.8 Å². The molecular weight excluding hydrogens is 380 g/mol. The number of hydrogen-bond acceptors (Lipinski definition) is 5. The molecule has 0 aromatic carbocycles. The van der Waals surface area contributed by atoms with Crippen LogP contribution < -0.4 is 10.6 Å². The highest BCUT2D eigenvalue weighted by Gasteiger charge is 2.27. The van der Waals surface area contributed by atoms with Crippen LogP contribution in [0.2, 0.25) is 0 Å². The van der Waals surface area contributed by atoms with Gasteiger partial charge >= 0.3 is 0 Å². The summed E-state index contributed by atoms with van der Waals surface area (Å²) in [4.78, 5) is 28.8. The average molecular weight is 403 g/mol. The highest BCUT2D eigenvalue weighted by Crippen LogP contribution is 2.21. The number of alkyl halides is 2. The number of carbonyl (C=O) groups excluding carboxylic acids is 1. The van der Waals surface area contributed by atoms with Crippen LogP contribution >= 0.6 is 0 Å². The lowest BCUT2D eigenvalue weighted by molar-refractivity contribution is 0.0184. The summed E-state index contributed by atoms with van der Waals surface area (Å²) in [6, 6.07) is 1.82. The summed E-state index contributed by atoms with van der Waals surface area (Å²) in [5, 5.41) is 5.95. The van der Waals surface area contributed by atoms with Crippen molar-refractivity contribution in [1.29, 1.82) is 0 Å². The number of aromatic amines is 1. The number of aromatic nitrogens is 5. The molecule has 0 radical (unpaired) electrons. The number of H-pyrrole nitrogens is 1. The van der Waals surface area contributed by atoms with Crippen molar-refractivity contribution in [3.05, 3.63) is 36.7 Å². The molecule has 0 atom stereocenters. The normalized spacial score (nSPS) is 20.1. The number of carbonyl (C=O) groups is 1. The molecule has 3 aromatic rings. The zero-order valence-corrected chi connectivity index (χ0v) is 16.0. The van der Waals surface area contributed by atoms with E-state index in [-0.39, 0.29) is 30.2 Å². The largest absolute Gasteiger partial charge is 0.358 e. The number of rotatable bonds is 6. The smallest absolute Gasteiger partial charge is 0.272 e. The molecule has 0 saturated heterocycles. The van der Waals surface area contributed by atoms with Gasteiger partial charge in [-0.15, -0.1) is 0 Å². The fraction of sp³-hybridized carbons (Fsp3) is 0.474. The Labute approximate surface area is 166 Å². The van der Waals surface area contributed by atoms with Crippen LogP contribution in [0.25, 0.3) is 17.0 Å². The molecule has 0 bridgehead atoms. The van der Waals surface area contributed by atoms with Crippen LogP contribution in [0.3, 0.4) is 0 Å². The predicted molar refractivity (Wildman–Crippen MR) is 103 cm³/mol. The van der Waals surface area contributed by atoms with E-state index in [4.69, 9.17) is 0 Å².